The minimum absolute atomic E-state index is 0.00541. The predicted molar refractivity (Wildman–Crippen MR) is 88.9 cm³/mol. The average Bonchev–Trinajstić information content (AvgIpc) is 2.76. The Kier molecular flexibility index (Phi) is 3.95. The van der Waals surface area contributed by atoms with Crippen LogP contribution in [0.4, 0.5) is 5.69 Å². The third kappa shape index (κ3) is 2.60. The Hall–Kier alpha value is -2.57. The van der Waals surface area contributed by atoms with Crippen LogP contribution in [0.15, 0.2) is 30.3 Å². The van der Waals surface area contributed by atoms with Crippen molar-refractivity contribution in [2.75, 3.05) is 12.4 Å². The van der Waals surface area contributed by atoms with Crippen LogP contribution in [-0.2, 0) is 0 Å². The van der Waals surface area contributed by atoms with Crippen molar-refractivity contribution in [2.24, 2.45) is 0 Å². The highest BCUT2D eigenvalue weighted by Gasteiger charge is 2.33. The van der Waals surface area contributed by atoms with Gasteiger partial charge >= 0.3 is 0 Å². The summed E-state index contributed by atoms with van der Waals surface area (Å²) >= 11 is 11.6. The molecule has 0 fully saturated rings. The van der Waals surface area contributed by atoms with Gasteiger partial charge in [-0.25, -0.2) is 0 Å². The lowest BCUT2D eigenvalue weighted by atomic mass is 10.1. The molecular weight excluding hydrogens is 355 g/mol. The zero-order chi connectivity index (χ0) is 17.6. The van der Waals surface area contributed by atoms with Crippen molar-refractivity contribution in [3.05, 3.63) is 57.1 Å². The summed E-state index contributed by atoms with van der Waals surface area (Å²) in [5.74, 6) is -1.65. The first-order valence-corrected chi connectivity index (χ1v) is 7.51. The molecular formula is C16H10Cl2N2O4. The molecule has 0 radical (unpaired) electrons. The van der Waals surface area contributed by atoms with Gasteiger partial charge in [-0.15, -0.1) is 0 Å². The predicted octanol–water partition coefficient (Wildman–Crippen LogP) is 3.18. The Balaban J connectivity index is 1.90. The van der Waals surface area contributed by atoms with E-state index in [1.807, 2.05) is 0 Å². The van der Waals surface area contributed by atoms with Crippen molar-refractivity contribution in [1.82, 2.24) is 4.90 Å². The maximum atomic E-state index is 12.3. The quantitative estimate of drug-likeness (QED) is 0.632. The van der Waals surface area contributed by atoms with Gasteiger partial charge in [0.1, 0.15) is 0 Å². The first-order chi connectivity index (χ1) is 11.3. The van der Waals surface area contributed by atoms with Gasteiger partial charge in [0.05, 0.1) is 21.2 Å². The monoisotopic (exact) mass is 364 g/mol. The number of phenols is 1. The van der Waals surface area contributed by atoms with Crippen molar-refractivity contribution in [3.63, 3.8) is 0 Å². The van der Waals surface area contributed by atoms with Crippen molar-refractivity contribution in [2.45, 2.75) is 0 Å². The molecule has 2 N–H and O–H groups in total. The molecule has 1 heterocycles. The molecule has 122 valence electrons. The van der Waals surface area contributed by atoms with Gasteiger partial charge in [0.15, 0.2) is 5.75 Å². The first-order valence-electron chi connectivity index (χ1n) is 6.75. The number of benzene rings is 2. The summed E-state index contributed by atoms with van der Waals surface area (Å²) in [5, 5.41) is 12.1. The largest absolute Gasteiger partial charge is 0.505 e. The van der Waals surface area contributed by atoms with Crippen LogP contribution in [0.5, 0.6) is 5.75 Å². The number of nitrogens with zero attached hydrogens (tertiary/aromatic N) is 1. The summed E-state index contributed by atoms with van der Waals surface area (Å²) in [7, 11) is 1.38. The Labute approximate surface area is 146 Å². The highest BCUT2D eigenvalue weighted by Crippen LogP contribution is 2.34. The van der Waals surface area contributed by atoms with Crippen LogP contribution in [0, 0.1) is 0 Å². The lowest BCUT2D eigenvalue weighted by Gasteiger charge is -2.08. The van der Waals surface area contributed by atoms with E-state index in [9.17, 15) is 19.5 Å². The smallest absolute Gasteiger partial charge is 0.261 e. The second-order valence-electron chi connectivity index (χ2n) is 5.17. The summed E-state index contributed by atoms with van der Waals surface area (Å²) in [6.45, 7) is 0. The van der Waals surface area contributed by atoms with Crippen molar-refractivity contribution >= 4 is 46.6 Å². The van der Waals surface area contributed by atoms with E-state index in [0.717, 1.165) is 4.90 Å². The molecule has 0 atom stereocenters. The summed E-state index contributed by atoms with van der Waals surface area (Å²) in [6, 6.07) is 6.93. The molecule has 2 aromatic carbocycles. The van der Waals surface area contributed by atoms with Crippen LogP contribution < -0.4 is 5.32 Å². The zero-order valence-corrected chi connectivity index (χ0v) is 13.8. The summed E-state index contributed by atoms with van der Waals surface area (Å²) < 4.78 is 0. The summed E-state index contributed by atoms with van der Waals surface area (Å²) in [4.78, 5) is 37.1. The number of carbonyl (C=O) groups is 3. The van der Waals surface area contributed by atoms with Gasteiger partial charge in [-0.3, -0.25) is 19.3 Å². The second kappa shape index (κ2) is 5.81. The molecule has 2 aromatic rings. The van der Waals surface area contributed by atoms with Crippen molar-refractivity contribution in [1.29, 1.82) is 0 Å². The average molecular weight is 365 g/mol. The number of hydrogen-bond donors (Lipinski definition) is 2. The topological polar surface area (TPSA) is 86.7 Å². The highest BCUT2D eigenvalue weighted by molar-refractivity contribution is 6.37. The van der Waals surface area contributed by atoms with E-state index in [0.29, 0.717) is 0 Å². The minimum atomic E-state index is -0.509. The molecule has 8 heteroatoms. The number of rotatable bonds is 2. The van der Waals surface area contributed by atoms with Gasteiger partial charge in [-0.05, 0) is 30.3 Å². The molecule has 0 saturated heterocycles. The number of carbonyl (C=O) groups excluding carboxylic acids is 3. The number of anilines is 1. The second-order valence-corrected chi connectivity index (χ2v) is 5.99. The third-order valence-corrected chi connectivity index (χ3v) is 4.20. The standard InChI is InChI=1S/C16H10Cl2N2O4/c1-20-15(23)9-3-2-7(4-10(9)16(20)24)14(22)19-8-5-11(17)13(21)12(18)6-8/h2-6,21H,1H3,(H,19,22). The van der Waals surface area contributed by atoms with Gasteiger partial charge < -0.3 is 10.4 Å². The van der Waals surface area contributed by atoms with Crippen molar-refractivity contribution in [3.8, 4) is 5.75 Å². The van der Waals surface area contributed by atoms with Gasteiger partial charge in [-0.1, -0.05) is 23.2 Å². The number of halogens is 2. The molecule has 0 aromatic heterocycles. The van der Waals surface area contributed by atoms with E-state index in [1.54, 1.807) is 0 Å². The fourth-order valence-corrected chi connectivity index (χ4v) is 2.83. The lowest BCUT2D eigenvalue weighted by molar-refractivity contribution is 0.0693. The molecule has 0 unspecified atom stereocenters. The Morgan fingerprint density at radius 2 is 1.62 bits per heavy atom. The Morgan fingerprint density at radius 3 is 2.25 bits per heavy atom. The van der Waals surface area contributed by atoms with E-state index in [1.165, 1.54) is 37.4 Å². The van der Waals surface area contributed by atoms with E-state index in [-0.39, 0.29) is 38.2 Å². The number of amides is 3. The minimum Gasteiger partial charge on any atom is -0.505 e. The fourth-order valence-electron chi connectivity index (χ4n) is 2.34. The number of imide groups is 1. The fraction of sp³-hybridized carbons (Fsp3) is 0.0625. The van der Waals surface area contributed by atoms with E-state index in [4.69, 9.17) is 23.2 Å². The summed E-state index contributed by atoms with van der Waals surface area (Å²) in [6.07, 6.45) is 0. The Morgan fingerprint density at radius 1 is 1.04 bits per heavy atom. The number of aromatic hydroxyl groups is 1. The maximum absolute atomic E-state index is 12.3. The molecule has 24 heavy (non-hydrogen) atoms. The lowest BCUT2D eigenvalue weighted by Crippen LogP contribution is -2.24. The molecule has 3 rings (SSSR count). The van der Waals surface area contributed by atoms with E-state index < -0.39 is 17.7 Å². The third-order valence-electron chi connectivity index (χ3n) is 3.63. The first kappa shape index (κ1) is 16.3. The number of phenolic OH excluding ortho intramolecular Hbond substituents is 1. The van der Waals surface area contributed by atoms with E-state index >= 15 is 0 Å². The molecule has 6 nitrogen and oxygen atoms in total. The zero-order valence-electron chi connectivity index (χ0n) is 12.3. The number of nitrogens with one attached hydrogen (secondary N) is 1. The van der Waals surface area contributed by atoms with E-state index in [2.05, 4.69) is 5.32 Å². The van der Waals surface area contributed by atoms with Crippen LogP contribution in [-0.4, -0.2) is 34.8 Å². The SMILES string of the molecule is CN1C(=O)c2ccc(C(=O)Nc3cc(Cl)c(O)c(Cl)c3)cc2C1=O. The highest BCUT2D eigenvalue weighted by atomic mass is 35.5. The van der Waals surface area contributed by atoms with Crippen LogP contribution in [0.3, 0.4) is 0 Å². The molecule has 0 spiro atoms. The molecule has 3 amide bonds. The van der Waals surface area contributed by atoms with Gasteiger partial charge in [0.2, 0.25) is 0 Å². The van der Waals surface area contributed by atoms with Crippen LogP contribution >= 0.6 is 23.2 Å². The van der Waals surface area contributed by atoms with Gasteiger partial charge in [0.25, 0.3) is 17.7 Å². The number of fused-ring (bicyclic) bond motifs is 1. The molecule has 0 aliphatic carbocycles. The summed E-state index contributed by atoms with van der Waals surface area (Å²) in [5.41, 5.74) is 0.921. The van der Waals surface area contributed by atoms with Gasteiger partial charge in [-0.2, -0.15) is 0 Å². The van der Waals surface area contributed by atoms with Crippen LogP contribution in [0.25, 0.3) is 0 Å². The normalized spacial score (nSPS) is 13.2. The molecule has 0 bridgehead atoms. The van der Waals surface area contributed by atoms with Crippen LogP contribution in [0.2, 0.25) is 10.0 Å². The number of hydrogen-bond acceptors (Lipinski definition) is 4. The van der Waals surface area contributed by atoms with Crippen LogP contribution in [0.1, 0.15) is 31.1 Å². The van der Waals surface area contributed by atoms with Gasteiger partial charge in [0, 0.05) is 18.3 Å². The molecule has 1 aliphatic heterocycles. The molecule has 1 aliphatic rings. The molecule has 0 saturated carbocycles. The van der Waals surface area contributed by atoms with Crippen molar-refractivity contribution < 1.29 is 19.5 Å². The maximum Gasteiger partial charge on any atom is 0.261 e. The Bertz CT molecular complexity index is 888.